The monoisotopic (exact) mass is 399 g/mol. The Balaban J connectivity index is 1.29. The van der Waals surface area contributed by atoms with Crippen LogP contribution in [0.1, 0.15) is 38.5 Å². The first-order valence-corrected chi connectivity index (χ1v) is 10.9. The molecule has 148 valence electrons. The van der Waals surface area contributed by atoms with Gasteiger partial charge in [-0.3, -0.25) is 4.79 Å². The zero-order valence-corrected chi connectivity index (χ0v) is 16.8. The number of hydrogen-bond acceptors (Lipinski definition) is 6. The third-order valence-electron chi connectivity index (χ3n) is 6.62. The van der Waals surface area contributed by atoms with Crippen molar-refractivity contribution in [3.05, 3.63) is 30.6 Å². The van der Waals surface area contributed by atoms with E-state index in [9.17, 15) is 4.79 Å². The smallest absolute Gasteiger partial charge is 0.230 e. The molecule has 28 heavy (non-hydrogen) atoms. The van der Waals surface area contributed by atoms with Crippen molar-refractivity contribution < 1.29 is 9.53 Å². The molecule has 1 aromatic heterocycles. The van der Waals surface area contributed by atoms with Gasteiger partial charge in [0, 0.05) is 10.4 Å². The normalized spacial score (nSPS) is 33.0. The van der Waals surface area contributed by atoms with Crippen LogP contribution in [0.3, 0.4) is 0 Å². The predicted octanol–water partition coefficient (Wildman–Crippen LogP) is 2.64. The number of rotatable bonds is 6. The number of tetrazole rings is 1. The fraction of sp³-hybridized carbons (Fsp3) is 0.600. The molecule has 0 spiro atoms. The van der Waals surface area contributed by atoms with Gasteiger partial charge >= 0.3 is 0 Å². The van der Waals surface area contributed by atoms with Crippen LogP contribution in [0.4, 0.5) is 0 Å². The maximum absolute atomic E-state index is 12.8. The van der Waals surface area contributed by atoms with Crippen LogP contribution < -0.4 is 10.1 Å². The SMILES string of the molecule is COc1cccc(SCC(=O)NC23CC4CC(C2)CC(n2ncnn2)(C4)C3)c1. The van der Waals surface area contributed by atoms with Gasteiger partial charge in [-0.25, -0.2) is 0 Å². The first kappa shape index (κ1) is 18.0. The van der Waals surface area contributed by atoms with Crippen LogP contribution in [0.15, 0.2) is 35.5 Å². The molecule has 2 unspecified atom stereocenters. The van der Waals surface area contributed by atoms with Gasteiger partial charge in [-0.15, -0.1) is 22.0 Å². The summed E-state index contributed by atoms with van der Waals surface area (Å²) in [6.45, 7) is 0. The number of hydrogen-bond donors (Lipinski definition) is 1. The van der Waals surface area contributed by atoms with E-state index < -0.39 is 0 Å². The Hall–Kier alpha value is -2.09. The van der Waals surface area contributed by atoms with Crippen molar-refractivity contribution in [1.29, 1.82) is 0 Å². The summed E-state index contributed by atoms with van der Waals surface area (Å²) in [6.07, 6.45) is 8.08. The number of methoxy groups -OCH3 is 1. The molecule has 0 aliphatic heterocycles. The molecular formula is C20H25N5O2S. The Morgan fingerprint density at radius 3 is 2.86 bits per heavy atom. The van der Waals surface area contributed by atoms with Crippen molar-refractivity contribution in [1.82, 2.24) is 25.5 Å². The first-order valence-electron chi connectivity index (χ1n) is 9.90. The fourth-order valence-electron chi connectivity index (χ4n) is 6.15. The minimum atomic E-state index is -0.121. The van der Waals surface area contributed by atoms with E-state index in [1.807, 2.05) is 29.1 Å². The molecule has 4 aliphatic carbocycles. The molecule has 0 saturated heterocycles. The van der Waals surface area contributed by atoms with E-state index in [0.717, 1.165) is 42.7 Å². The Bertz CT molecular complexity index is 857. The van der Waals surface area contributed by atoms with Gasteiger partial charge in [-0.05, 0) is 73.8 Å². The molecule has 4 saturated carbocycles. The van der Waals surface area contributed by atoms with Gasteiger partial charge in [0.25, 0.3) is 0 Å². The van der Waals surface area contributed by atoms with Crippen molar-refractivity contribution in [2.24, 2.45) is 11.8 Å². The summed E-state index contributed by atoms with van der Waals surface area (Å²) in [5.74, 6) is 2.61. The van der Waals surface area contributed by atoms with E-state index in [2.05, 4.69) is 20.7 Å². The van der Waals surface area contributed by atoms with Crippen LogP contribution in [0.25, 0.3) is 0 Å². The van der Waals surface area contributed by atoms with Crippen molar-refractivity contribution in [3.8, 4) is 5.75 Å². The molecule has 6 rings (SSSR count). The Morgan fingerprint density at radius 1 is 1.32 bits per heavy atom. The van der Waals surface area contributed by atoms with E-state index in [1.165, 1.54) is 12.7 Å². The minimum Gasteiger partial charge on any atom is -0.497 e. The van der Waals surface area contributed by atoms with E-state index in [4.69, 9.17) is 4.74 Å². The van der Waals surface area contributed by atoms with Crippen molar-refractivity contribution in [2.45, 2.75) is 54.5 Å². The average Bonchev–Trinajstić information content (AvgIpc) is 3.21. The molecule has 4 fully saturated rings. The highest BCUT2D eigenvalue weighted by molar-refractivity contribution is 8.00. The third kappa shape index (κ3) is 3.17. The summed E-state index contributed by atoms with van der Waals surface area (Å²) < 4.78 is 5.27. The molecule has 2 aromatic rings. The second kappa shape index (κ2) is 6.76. The van der Waals surface area contributed by atoms with Crippen molar-refractivity contribution >= 4 is 17.7 Å². The topological polar surface area (TPSA) is 81.9 Å². The van der Waals surface area contributed by atoms with Gasteiger partial charge < -0.3 is 10.1 Å². The summed E-state index contributed by atoms with van der Waals surface area (Å²) >= 11 is 1.55. The summed E-state index contributed by atoms with van der Waals surface area (Å²) in [5.41, 5.74) is -0.197. The van der Waals surface area contributed by atoms with Gasteiger partial charge in [-0.2, -0.15) is 4.80 Å². The highest BCUT2D eigenvalue weighted by Gasteiger charge is 2.60. The molecule has 8 heteroatoms. The Labute approximate surface area is 168 Å². The third-order valence-corrected chi connectivity index (χ3v) is 7.61. The number of nitrogens with one attached hydrogen (secondary N) is 1. The standard InChI is InChI=1S/C20H25N5O2S/c1-27-16-3-2-4-17(6-16)28-11-18(26)23-19-7-14-5-15(8-19)10-20(9-14,12-19)25-22-13-21-24-25/h2-4,6,13-15H,5,7-12H2,1H3,(H,23,26). The largest absolute Gasteiger partial charge is 0.497 e. The number of carbonyl (C=O) groups is 1. The quantitative estimate of drug-likeness (QED) is 0.752. The van der Waals surface area contributed by atoms with Crippen molar-refractivity contribution in [3.63, 3.8) is 0 Å². The Morgan fingerprint density at radius 2 is 2.14 bits per heavy atom. The van der Waals surface area contributed by atoms with Crippen LogP contribution in [0, 0.1) is 11.8 Å². The number of carbonyl (C=O) groups excluding carboxylic acids is 1. The maximum Gasteiger partial charge on any atom is 0.230 e. The van der Waals surface area contributed by atoms with E-state index in [0.29, 0.717) is 17.6 Å². The van der Waals surface area contributed by atoms with Gasteiger partial charge in [0.2, 0.25) is 5.91 Å². The van der Waals surface area contributed by atoms with Gasteiger partial charge in [0.1, 0.15) is 5.75 Å². The highest BCUT2D eigenvalue weighted by Crippen LogP contribution is 2.60. The van der Waals surface area contributed by atoms with Crippen molar-refractivity contribution in [2.75, 3.05) is 12.9 Å². The van der Waals surface area contributed by atoms with Crippen LogP contribution in [-0.4, -0.2) is 44.5 Å². The lowest BCUT2D eigenvalue weighted by molar-refractivity contribution is -0.129. The Kier molecular flexibility index (Phi) is 4.34. The zero-order valence-electron chi connectivity index (χ0n) is 16.0. The second-order valence-electron chi connectivity index (χ2n) is 8.71. The van der Waals surface area contributed by atoms with Crippen LogP contribution in [-0.2, 0) is 10.3 Å². The van der Waals surface area contributed by atoms with Gasteiger partial charge in [0.05, 0.1) is 18.4 Å². The van der Waals surface area contributed by atoms with E-state index >= 15 is 0 Å². The predicted molar refractivity (Wildman–Crippen MR) is 105 cm³/mol. The van der Waals surface area contributed by atoms with Crippen LogP contribution in [0.2, 0.25) is 0 Å². The lowest BCUT2D eigenvalue weighted by atomic mass is 9.50. The number of benzene rings is 1. The molecule has 4 bridgehead atoms. The molecule has 0 radical (unpaired) electrons. The fourth-order valence-corrected chi connectivity index (χ4v) is 6.89. The molecule has 1 heterocycles. The lowest BCUT2D eigenvalue weighted by Gasteiger charge is -2.61. The van der Waals surface area contributed by atoms with E-state index in [1.54, 1.807) is 18.9 Å². The molecule has 2 atom stereocenters. The molecule has 7 nitrogen and oxygen atoms in total. The number of amides is 1. The van der Waals surface area contributed by atoms with E-state index in [-0.39, 0.29) is 17.0 Å². The minimum absolute atomic E-state index is 0.0756. The van der Waals surface area contributed by atoms with Crippen LogP contribution in [0.5, 0.6) is 5.75 Å². The second-order valence-corrected chi connectivity index (χ2v) is 9.76. The molecule has 1 N–H and O–H groups in total. The molecule has 1 aromatic carbocycles. The summed E-state index contributed by atoms with van der Waals surface area (Å²) in [7, 11) is 1.66. The highest BCUT2D eigenvalue weighted by atomic mass is 32.2. The number of aromatic nitrogens is 4. The van der Waals surface area contributed by atoms with Gasteiger partial charge in [0.15, 0.2) is 6.33 Å². The average molecular weight is 400 g/mol. The maximum atomic E-state index is 12.8. The number of thioether (sulfide) groups is 1. The number of ether oxygens (including phenoxy) is 1. The number of nitrogens with zero attached hydrogens (tertiary/aromatic N) is 4. The molecule has 4 aliphatic rings. The zero-order chi connectivity index (χ0) is 19.2. The lowest BCUT2D eigenvalue weighted by Crippen LogP contribution is -2.66. The molecule has 1 amide bonds. The first-order chi connectivity index (χ1) is 13.6. The van der Waals surface area contributed by atoms with Crippen LogP contribution >= 0.6 is 11.8 Å². The summed E-state index contributed by atoms with van der Waals surface area (Å²) in [5, 5.41) is 16.0. The summed E-state index contributed by atoms with van der Waals surface area (Å²) in [6, 6.07) is 7.84. The molecular weight excluding hydrogens is 374 g/mol. The summed E-state index contributed by atoms with van der Waals surface area (Å²) in [4.78, 5) is 15.7. The van der Waals surface area contributed by atoms with Gasteiger partial charge in [-0.1, -0.05) is 6.07 Å².